The van der Waals surface area contributed by atoms with Crippen LogP contribution in [0.15, 0.2) is 101 Å². The molecular weight excluding hydrogens is 398 g/mol. The van der Waals surface area contributed by atoms with Crippen LogP contribution in [0.1, 0.15) is 0 Å². The number of furan rings is 1. The molecule has 0 radical (unpaired) electrons. The van der Waals surface area contributed by atoms with Gasteiger partial charge in [0.15, 0.2) is 17.5 Å². The molecule has 0 spiro atoms. The molecule has 0 aliphatic carbocycles. The summed E-state index contributed by atoms with van der Waals surface area (Å²) in [6, 6.07) is 30.6. The average Bonchev–Trinajstić information content (AvgIpc) is 3.23. The monoisotopic (exact) mass is 415 g/mol. The predicted octanol–water partition coefficient (Wildman–Crippen LogP) is 6.48. The number of hydrogen-bond acceptors (Lipinski definition) is 5. The number of phenolic OH excluding ortho intramolecular Hbond substituents is 1. The van der Waals surface area contributed by atoms with Crippen LogP contribution in [0.4, 0.5) is 0 Å². The zero-order valence-electron chi connectivity index (χ0n) is 16.9. The van der Waals surface area contributed by atoms with E-state index in [2.05, 4.69) is 0 Å². The minimum Gasteiger partial charge on any atom is -0.508 e. The summed E-state index contributed by atoms with van der Waals surface area (Å²) in [5.41, 5.74) is 4.06. The number of phenols is 1. The van der Waals surface area contributed by atoms with Crippen molar-refractivity contribution in [2.75, 3.05) is 0 Å². The number of hydrogen-bond donors (Lipinski definition) is 1. The van der Waals surface area contributed by atoms with Crippen LogP contribution in [-0.4, -0.2) is 20.1 Å². The quantitative estimate of drug-likeness (QED) is 0.358. The fourth-order valence-electron chi connectivity index (χ4n) is 3.93. The summed E-state index contributed by atoms with van der Waals surface area (Å²) in [5.74, 6) is 1.93. The van der Waals surface area contributed by atoms with E-state index in [-0.39, 0.29) is 5.75 Å². The van der Waals surface area contributed by atoms with Crippen LogP contribution < -0.4 is 0 Å². The molecule has 1 N–H and O–H groups in total. The molecule has 0 atom stereocenters. The summed E-state index contributed by atoms with van der Waals surface area (Å²) in [6.07, 6.45) is 0. The van der Waals surface area contributed by atoms with Gasteiger partial charge in [0.25, 0.3) is 0 Å². The van der Waals surface area contributed by atoms with Crippen molar-refractivity contribution in [1.29, 1.82) is 0 Å². The van der Waals surface area contributed by atoms with Crippen LogP contribution in [0.25, 0.3) is 56.1 Å². The molecule has 2 heterocycles. The summed E-state index contributed by atoms with van der Waals surface area (Å²) in [7, 11) is 0. The number of benzene rings is 4. The minimum atomic E-state index is 0.181. The largest absolute Gasteiger partial charge is 0.508 e. The van der Waals surface area contributed by atoms with E-state index >= 15 is 0 Å². The molecule has 4 aromatic carbocycles. The number of aromatic hydroxyl groups is 1. The molecule has 152 valence electrons. The standard InChI is InChI=1S/C27H17N3O2/c31-19-14-15-22-21(16-19)24-20(12-7-13-23(24)32-22)27-29-25(17-8-3-1-4-9-17)28-26(30-27)18-10-5-2-6-11-18/h1-16,31H. The summed E-state index contributed by atoms with van der Waals surface area (Å²) in [4.78, 5) is 14.4. The second-order valence-corrected chi connectivity index (χ2v) is 7.50. The highest BCUT2D eigenvalue weighted by molar-refractivity contribution is 6.12. The van der Waals surface area contributed by atoms with Gasteiger partial charge in [-0.25, -0.2) is 15.0 Å². The van der Waals surface area contributed by atoms with Gasteiger partial charge in [-0.1, -0.05) is 72.8 Å². The van der Waals surface area contributed by atoms with Crippen LogP contribution in [-0.2, 0) is 0 Å². The Bertz CT molecular complexity index is 1520. The molecule has 0 amide bonds. The summed E-state index contributed by atoms with van der Waals surface area (Å²) < 4.78 is 6.02. The van der Waals surface area contributed by atoms with Gasteiger partial charge in [-0.2, -0.15) is 0 Å². The molecule has 5 heteroatoms. The topological polar surface area (TPSA) is 72.0 Å². The molecule has 6 rings (SSSR count). The van der Waals surface area contributed by atoms with Crippen molar-refractivity contribution in [3.8, 4) is 39.9 Å². The van der Waals surface area contributed by atoms with E-state index in [1.165, 1.54) is 0 Å². The van der Waals surface area contributed by atoms with Crippen LogP contribution in [0.3, 0.4) is 0 Å². The number of aromatic nitrogens is 3. The van der Waals surface area contributed by atoms with E-state index in [1.807, 2.05) is 78.9 Å². The van der Waals surface area contributed by atoms with Crippen LogP contribution >= 0.6 is 0 Å². The molecule has 0 aliphatic heterocycles. The molecule has 5 nitrogen and oxygen atoms in total. The van der Waals surface area contributed by atoms with Crippen molar-refractivity contribution in [3.63, 3.8) is 0 Å². The number of nitrogens with zero attached hydrogens (tertiary/aromatic N) is 3. The Morgan fingerprint density at radius 1 is 0.562 bits per heavy atom. The van der Waals surface area contributed by atoms with Crippen LogP contribution in [0.2, 0.25) is 0 Å². The Balaban J connectivity index is 1.66. The van der Waals surface area contributed by atoms with Gasteiger partial charge >= 0.3 is 0 Å². The highest BCUT2D eigenvalue weighted by Gasteiger charge is 2.17. The molecule has 0 aliphatic rings. The summed E-state index contributed by atoms with van der Waals surface area (Å²) in [5, 5.41) is 11.8. The van der Waals surface area contributed by atoms with E-state index in [1.54, 1.807) is 18.2 Å². The third-order valence-corrected chi connectivity index (χ3v) is 5.42. The van der Waals surface area contributed by atoms with E-state index in [9.17, 15) is 5.11 Å². The first-order valence-electron chi connectivity index (χ1n) is 10.3. The van der Waals surface area contributed by atoms with Gasteiger partial charge < -0.3 is 9.52 Å². The van der Waals surface area contributed by atoms with E-state index in [0.29, 0.717) is 28.6 Å². The zero-order chi connectivity index (χ0) is 21.5. The minimum absolute atomic E-state index is 0.181. The first-order chi connectivity index (χ1) is 15.8. The maximum absolute atomic E-state index is 10.1. The molecule has 0 saturated heterocycles. The fraction of sp³-hybridized carbons (Fsp3) is 0. The summed E-state index contributed by atoms with van der Waals surface area (Å²) in [6.45, 7) is 0. The van der Waals surface area contributed by atoms with Crippen molar-refractivity contribution in [2.24, 2.45) is 0 Å². The highest BCUT2D eigenvalue weighted by Crippen LogP contribution is 2.37. The smallest absolute Gasteiger partial charge is 0.164 e. The normalized spacial score (nSPS) is 11.2. The molecule has 0 saturated carbocycles. The van der Waals surface area contributed by atoms with Crippen molar-refractivity contribution >= 4 is 21.9 Å². The number of fused-ring (bicyclic) bond motifs is 3. The van der Waals surface area contributed by atoms with Crippen molar-refractivity contribution in [1.82, 2.24) is 15.0 Å². The van der Waals surface area contributed by atoms with Gasteiger partial charge in [0.05, 0.1) is 0 Å². The van der Waals surface area contributed by atoms with Crippen molar-refractivity contribution < 1.29 is 9.52 Å². The van der Waals surface area contributed by atoms with Crippen molar-refractivity contribution in [2.45, 2.75) is 0 Å². The Hall–Kier alpha value is -4.51. The lowest BCUT2D eigenvalue weighted by atomic mass is 10.1. The van der Waals surface area contributed by atoms with Crippen LogP contribution in [0, 0.1) is 0 Å². The molecule has 32 heavy (non-hydrogen) atoms. The molecule has 0 bridgehead atoms. The second-order valence-electron chi connectivity index (χ2n) is 7.50. The molecular formula is C27H17N3O2. The maximum Gasteiger partial charge on any atom is 0.164 e. The predicted molar refractivity (Wildman–Crippen MR) is 125 cm³/mol. The van der Waals surface area contributed by atoms with Crippen LogP contribution in [0.5, 0.6) is 5.75 Å². The van der Waals surface area contributed by atoms with Gasteiger partial charge in [-0.05, 0) is 24.3 Å². The molecule has 0 fully saturated rings. The lowest BCUT2D eigenvalue weighted by Gasteiger charge is -2.09. The Morgan fingerprint density at radius 2 is 1.19 bits per heavy atom. The Labute approximate surface area is 183 Å². The maximum atomic E-state index is 10.1. The van der Waals surface area contributed by atoms with Gasteiger partial charge in [-0.15, -0.1) is 0 Å². The first kappa shape index (κ1) is 18.3. The molecule has 2 aromatic heterocycles. The Kier molecular flexibility index (Phi) is 4.18. The van der Waals surface area contributed by atoms with Gasteiger partial charge in [0.1, 0.15) is 16.9 Å². The third-order valence-electron chi connectivity index (χ3n) is 5.42. The summed E-state index contributed by atoms with van der Waals surface area (Å²) >= 11 is 0. The molecule has 6 aromatic rings. The van der Waals surface area contributed by atoms with Crippen molar-refractivity contribution in [3.05, 3.63) is 97.1 Å². The lowest BCUT2D eigenvalue weighted by Crippen LogP contribution is -2.00. The zero-order valence-corrected chi connectivity index (χ0v) is 16.9. The number of rotatable bonds is 3. The second kappa shape index (κ2) is 7.32. The average molecular weight is 415 g/mol. The highest BCUT2D eigenvalue weighted by atomic mass is 16.3. The van der Waals surface area contributed by atoms with E-state index in [0.717, 1.165) is 27.5 Å². The fourth-order valence-corrected chi connectivity index (χ4v) is 3.93. The Morgan fingerprint density at radius 3 is 1.84 bits per heavy atom. The lowest BCUT2D eigenvalue weighted by molar-refractivity contribution is 0.476. The van der Waals surface area contributed by atoms with Gasteiger partial charge in [0.2, 0.25) is 0 Å². The first-order valence-corrected chi connectivity index (χ1v) is 10.3. The SMILES string of the molecule is Oc1ccc2oc3cccc(-c4nc(-c5ccccc5)nc(-c5ccccc5)n4)c3c2c1. The van der Waals surface area contributed by atoms with Gasteiger partial charge in [0, 0.05) is 27.5 Å². The molecule has 0 unspecified atom stereocenters. The third kappa shape index (κ3) is 3.08. The van der Waals surface area contributed by atoms with E-state index < -0.39 is 0 Å². The van der Waals surface area contributed by atoms with E-state index in [4.69, 9.17) is 19.4 Å². The van der Waals surface area contributed by atoms with Gasteiger partial charge in [-0.3, -0.25) is 0 Å².